The second-order valence-electron chi connectivity index (χ2n) is 2.74. The van der Waals surface area contributed by atoms with Gasteiger partial charge in [-0.25, -0.2) is 0 Å². The van der Waals surface area contributed by atoms with Crippen LogP contribution in [0.5, 0.6) is 0 Å². The summed E-state index contributed by atoms with van der Waals surface area (Å²) >= 11 is 12.9. The molecule has 0 saturated carbocycles. The van der Waals surface area contributed by atoms with Gasteiger partial charge in [-0.05, 0) is 25.1 Å². The minimum atomic E-state index is -0.346. The van der Waals surface area contributed by atoms with Crippen molar-refractivity contribution >= 4 is 40.9 Å². The molecule has 76 valence electrons. The third-order valence-electron chi connectivity index (χ3n) is 1.60. The predicted octanol–water partition coefficient (Wildman–Crippen LogP) is 2.96. The lowest BCUT2D eigenvalue weighted by atomic mass is 10.4. The van der Waals surface area contributed by atoms with Crippen molar-refractivity contribution in [1.82, 2.24) is 0 Å². The third-order valence-corrected chi connectivity index (χ3v) is 3.46. The molecule has 1 aromatic carbocycles. The number of carbonyl (C=O) groups is 1. The lowest BCUT2D eigenvalue weighted by Gasteiger charge is -2.07. The van der Waals surface area contributed by atoms with Crippen molar-refractivity contribution in [1.29, 1.82) is 0 Å². The highest BCUT2D eigenvalue weighted by molar-refractivity contribution is 8.00. The number of primary amides is 1. The Balaban J connectivity index is 2.78. The number of carbonyl (C=O) groups excluding carboxylic acids is 1. The molecule has 0 spiro atoms. The summed E-state index contributed by atoms with van der Waals surface area (Å²) in [6.07, 6.45) is 0. The van der Waals surface area contributed by atoms with Crippen molar-refractivity contribution in [2.75, 3.05) is 0 Å². The standard InChI is InChI=1S/C9H9Cl2NOS/c1-5(9(12)13)14-6-2-3-7(10)8(11)4-6/h2-5H,1H3,(H2,12,13). The molecule has 0 aliphatic rings. The topological polar surface area (TPSA) is 43.1 Å². The van der Waals surface area contributed by atoms with E-state index >= 15 is 0 Å². The van der Waals surface area contributed by atoms with Gasteiger partial charge in [-0.1, -0.05) is 23.2 Å². The second-order valence-corrected chi connectivity index (χ2v) is 4.97. The summed E-state index contributed by atoms with van der Waals surface area (Å²) in [7, 11) is 0. The fraction of sp³-hybridized carbons (Fsp3) is 0.222. The van der Waals surface area contributed by atoms with E-state index in [9.17, 15) is 4.79 Å². The molecule has 0 heterocycles. The summed E-state index contributed by atoms with van der Waals surface area (Å²) in [5.41, 5.74) is 5.13. The highest BCUT2D eigenvalue weighted by Gasteiger charge is 2.10. The van der Waals surface area contributed by atoms with Crippen molar-refractivity contribution < 1.29 is 4.79 Å². The predicted molar refractivity (Wildman–Crippen MR) is 61.0 cm³/mol. The number of amides is 1. The first-order valence-electron chi connectivity index (χ1n) is 3.91. The Morgan fingerprint density at radius 1 is 1.43 bits per heavy atom. The van der Waals surface area contributed by atoms with Crippen LogP contribution in [0.1, 0.15) is 6.92 Å². The van der Waals surface area contributed by atoms with Crippen LogP contribution in [0.3, 0.4) is 0 Å². The number of thioether (sulfide) groups is 1. The first kappa shape index (κ1) is 11.7. The van der Waals surface area contributed by atoms with Gasteiger partial charge in [0.25, 0.3) is 0 Å². The molecule has 1 amide bonds. The van der Waals surface area contributed by atoms with E-state index in [4.69, 9.17) is 28.9 Å². The van der Waals surface area contributed by atoms with Crippen molar-refractivity contribution in [2.45, 2.75) is 17.1 Å². The van der Waals surface area contributed by atoms with Gasteiger partial charge in [0.05, 0.1) is 15.3 Å². The van der Waals surface area contributed by atoms with Crippen LogP contribution >= 0.6 is 35.0 Å². The van der Waals surface area contributed by atoms with Crippen LogP contribution in [0, 0.1) is 0 Å². The van der Waals surface area contributed by atoms with Crippen LogP contribution < -0.4 is 5.73 Å². The number of hydrogen-bond donors (Lipinski definition) is 1. The van der Waals surface area contributed by atoms with Crippen molar-refractivity contribution in [3.63, 3.8) is 0 Å². The van der Waals surface area contributed by atoms with Crippen LogP contribution in [0.4, 0.5) is 0 Å². The first-order valence-corrected chi connectivity index (χ1v) is 5.55. The van der Waals surface area contributed by atoms with Gasteiger partial charge >= 0.3 is 0 Å². The SMILES string of the molecule is CC(Sc1ccc(Cl)c(Cl)c1)C(N)=O. The van der Waals surface area contributed by atoms with Crippen LogP contribution in [-0.4, -0.2) is 11.2 Å². The minimum absolute atomic E-state index is 0.271. The van der Waals surface area contributed by atoms with E-state index in [1.807, 2.05) is 0 Å². The smallest absolute Gasteiger partial charge is 0.230 e. The number of benzene rings is 1. The monoisotopic (exact) mass is 249 g/mol. The van der Waals surface area contributed by atoms with Crippen LogP contribution in [0.15, 0.2) is 23.1 Å². The molecule has 0 aromatic heterocycles. The zero-order chi connectivity index (χ0) is 10.7. The largest absolute Gasteiger partial charge is 0.369 e. The fourth-order valence-corrected chi connectivity index (χ4v) is 2.03. The van der Waals surface area contributed by atoms with E-state index in [0.717, 1.165) is 4.90 Å². The van der Waals surface area contributed by atoms with E-state index in [1.165, 1.54) is 11.8 Å². The molecule has 2 N–H and O–H groups in total. The van der Waals surface area contributed by atoms with E-state index in [0.29, 0.717) is 10.0 Å². The average Bonchev–Trinajstić information content (AvgIpc) is 2.11. The zero-order valence-corrected chi connectivity index (χ0v) is 9.79. The van der Waals surface area contributed by atoms with Gasteiger partial charge in [-0.3, -0.25) is 4.79 Å². The van der Waals surface area contributed by atoms with Crippen LogP contribution in [-0.2, 0) is 4.79 Å². The summed E-state index contributed by atoms with van der Waals surface area (Å²) in [5, 5.41) is 0.711. The van der Waals surface area contributed by atoms with Gasteiger partial charge in [0.15, 0.2) is 0 Å². The van der Waals surface area contributed by atoms with Gasteiger partial charge in [-0.2, -0.15) is 0 Å². The molecular formula is C9H9Cl2NOS. The normalized spacial score (nSPS) is 12.5. The Kier molecular flexibility index (Phi) is 4.11. The van der Waals surface area contributed by atoms with Gasteiger partial charge in [-0.15, -0.1) is 11.8 Å². The summed E-state index contributed by atoms with van der Waals surface area (Å²) in [6.45, 7) is 1.75. The summed E-state index contributed by atoms with van der Waals surface area (Å²) in [5.74, 6) is -0.346. The Hall–Kier alpha value is -0.380. The van der Waals surface area contributed by atoms with Gasteiger partial charge in [0.1, 0.15) is 0 Å². The van der Waals surface area contributed by atoms with Crippen molar-refractivity contribution in [2.24, 2.45) is 5.73 Å². The van der Waals surface area contributed by atoms with Crippen molar-refractivity contribution in [3.8, 4) is 0 Å². The molecular weight excluding hydrogens is 241 g/mol. The second kappa shape index (κ2) is 4.91. The Bertz CT molecular complexity index is 357. The van der Waals surface area contributed by atoms with Crippen molar-refractivity contribution in [3.05, 3.63) is 28.2 Å². The summed E-state index contributed by atoms with van der Waals surface area (Å²) < 4.78 is 0. The molecule has 0 saturated heterocycles. The van der Waals surface area contributed by atoms with E-state index in [2.05, 4.69) is 0 Å². The van der Waals surface area contributed by atoms with E-state index < -0.39 is 0 Å². The molecule has 0 bridgehead atoms. The highest BCUT2D eigenvalue weighted by Crippen LogP contribution is 2.29. The molecule has 0 fully saturated rings. The number of halogens is 2. The van der Waals surface area contributed by atoms with Gasteiger partial charge in [0, 0.05) is 4.90 Å². The molecule has 5 heteroatoms. The number of rotatable bonds is 3. The summed E-state index contributed by atoms with van der Waals surface area (Å²) in [6, 6.07) is 5.21. The Morgan fingerprint density at radius 2 is 2.07 bits per heavy atom. The number of nitrogens with two attached hydrogens (primary N) is 1. The highest BCUT2D eigenvalue weighted by atomic mass is 35.5. The molecule has 0 radical (unpaired) electrons. The molecule has 2 nitrogen and oxygen atoms in total. The third kappa shape index (κ3) is 3.08. The number of hydrogen-bond acceptors (Lipinski definition) is 2. The van der Waals surface area contributed by atoms with Gasteiger partial charge < -0.3 is 5.73 Å². The van der Waals surface area contributed by atoms with Gasteiger partial charge in [0.2, 0.25) is 5.91 Å². The molecule has 0 aliphatic heterocycles. The summed E-state index contributed by atoms with van der Waals surface area (Å²) in [4.78, 5) is 11.7. The minimum Gasteiger partial charge on any atom is -0.369 e. The fourth-order valence-electron chi connectivity index (χ4n) is 0.812. The van der Waals surface area contributed by atoms with E-state index in [-0.39, 0.29) is 11.2 Å². The molecule has 14 heavy (non-hydrogen) atoms. The van der Waals surface area contributed by atoms with Crippen LogP contribution in [0.2, 0.25) is 10.0 Å². The Morgan fingerprint density at radius 3 is 2.57 bits per heavy atom. The lowest BCUT2D eigenvalue weighted by Crippen LogP contribution is -2.22. The maximum absolute atomic E-state index is 10.8. The maximum atomic E-state index is 10.8. The average molecular weight is 250 g/mol. The van der Waals surface area contributed by atoms with Crippen LogP contribution in [0.25, 0.3) is 0 Å². The molecule has 1 unspecified atom stereocenters. The quantitative estimate of drug-likeness (QED) is 0.838. The Labute approximate surface area is 96.8 Å². The molecule has 1 rings (SSSR count). The lowest BCUT2D eigenvalue weighted by molar-refractivity contribution is -0.117. The first-order chi connectivity index (χ1) is 6.50. The van der Waals surface area contributed by atoms with E-state index in [1.54, 1.807) is 25.1 Å². The molecule has 1 aromatic rings. The molecule has 0 aliphatic carbocycles. The zero-order valence-electron chi connectivity index (χ0n) is 7.46. The molecule has 1 atom stereocenters. The maximum Gasteiger partial charge on any atom is 0.230 e.